The lowest BCUT2D eigenvalue weighted by molar-refractivity contribution is 0.0390. The van der Waals surface area contributed by atoms with E-state index >= 15 is 0 Å². The molecule has 0 N–H and O–H groups in total. The minimum absolute atomic E-state index is 0.0481. The van der Waals surface area contributed by atoms with Crippen molar-refractivity contribution in [3.63, 3.8) is 0 Å². The Balaban J connectivity index is 1.66. The van der Waals surface area contributed by atoms with Gasteiger partial charge in [0.25, 0.3) is 5.91 Å². The van der Waals surface area contributed by atoms with Crippen molar-refractivity contribution in [2.45, 2.75) is 32.4 Å². The molecule has 1 aromatic rings. The predicted molar refractivity (Wildman–Crippen MR) is 89.2 cm³/mol. The third-order valence-corrected chi connectivity index (χ3v) is 5.33. The van der Waals surface area contributed by atoms with E-state index in [0.717, 1.165) is 32.7 Å². The van der Waals surface area contributed by atoms with Crippen molar-refractivity contribution in [3.8, 4) is 0 Å². The molecule has 126 valence electrons. The summed E-state index contributed by atoms with van der Waals surface area (Å²) >= 11 is 0. The van der Waals surface area contributed by atoms with Gasteiger partial charge >= 0.3 is 0 Å². The van der Waals surface area contributed by atoms with E-state index < -0.39 is 0 Å². The van der Waals surface area contributed by atoms with Crippen LogP contribution in [-0.4, -0.2) is 66.1 Å². The molecule has 2 fully saturated rings. The topological polar surface area (TPSA) is 45.7 Å². The fraction of sp³-hybridized carbons (Fsp3) is 0.667. The van der Waals surface area contributed by atoms with Gasteiger partial charge in [0.15, 0.2) is 0 Å². The van der Waals surface area contributed by atoms with E-state index in [2.05, 4.69) is 30.8 Å². The number of carbonyl (C=O) groups excluding carboxylic acids is 1. The Morgan fingerprint density at radius 2 is 2.30 bits per heavy atom. The Labute approximate surface area is 138 Å². The molecule has 0 saturated carbocycles. The van der Waals surface area contributed by atoms with Crippen molar-refractivity contribution >= 4 is 5.91 Å². The summed E-state index contributed by atoms with van der Waals surface area (Å²) in [4.78, 5) is 21.1. The van der Waals surface area contributed by atoms with E-state index in [9.17, 15) is 4.79 Å². The molecule has 5 heteroatoms. The monoisotopic (exact) mass is 317 g/mol. The maximum absolute atomic E-state index is 12.6. The largest absolute Gasteiger partial charge is 0.376 e. The fourth-order valence-corrected chi connectivity index (χ4v) is 3.55. The SMILES string of the molecule is CC(C)N(C)C[C@@H]1OC[C@@H]2CCN(C(=O)c3ccccn3)C[C@H]21. The first-order valence-electron chi connectivity index (χ1n) is 8.58. The summed E-state index contributed by atoms with van der Waals surface area (Å²) in [6.45, 7) is 7.77. The highest BCUT2D eigenvalue weighted by Gasteiger charge is 2.42. The highest BCUT2D eigenvalue weighted by atomic mass is 16.5. The normalized spacial score (nSPS) is 27.5. The Bertz CT molecular complexity index is 534. The summed E-state index contributed by atoms with van der Waals surface area (Å²) in [6, 6.07) is 6.01. The van der Waals surface area contributed by atoms with Crippen LogP contribution in [0.15, 0.2) is 24.4 Å². The van der Waals surface area contributed by atoms with Gasteiger partial charge in [0.1, 0.15) is 5.69 Å². The van der Waals surface area contributed by atoms with Gasteiger partial charge in [-0.05, 0) is 45.4 Å². The molecule has 2 aliphatic rings. The number of aromatic nitrogens is 1. The van der Waals surface area contributed by atoms with E-state index in [4.69, 9.17) is 4.74 Å². The third kappa shape index (κ3) is 3.56. The number of nitrogens with zero attached hydrogens (tertiary/aromatic N) is 3. The molecule has 0 spiro atoms. The smallest absolute Gasteiger partial charge is 0.272 e. The van der Waals surface area contributed by atoms with Gasteiger partial charge in [-0.3, -0.25) is 9.78 Å². The van der Waals surface area contributed by atoms with Crippen molar-refractivity contribution < 1.29 is 9.53 Å². The van der Waals surface area contributed by atoms with Crippen LogP contribution in [0.25, 0.3) is 0 Å². The average Bonchev–Trinajstić information content (AvgIpc) is 2.97. The molecule has 2 aliphatic heterocycles. The van der Waals surface area contributed by atoms with E-state index in [0.29, 0.717) is 23.6 Å². The molecule has 23 heavy (non-hydrogen) atoms. The van der Waals surface area contributed by atoms with E-state index in [-0.39, 0.29) is 12.0 Å². The number of likely N-dealkylation sites (N-methyl/N-ethyl adjacent to an activating group) is 1. The van der Waals surface area contributed by atoms with Crippen LogP contribution >= 0.6 is 0 Å². The summed E-state index contributed by atoms with van der Waals surface area (Å²) in [7, 11) is 2.14. The number of carbonyl (C=O) groups is 1. The molecule has 1 aromatic heterocycles. The van der Waals surface area contributed by atoms with E-state index in [1.165, 1.54) is 0 Å². The molecule has 0 bridgehead atoms. The van der Waals surface area contributed by atoms with Crippen molar-refractivity contribution in [2.75, 3.05) is 33.3 Å². The predicted octanol–water partition coefficient (Wildman–Crippen LogP) is 1.90. The number of hydrogen-bond acceptors (Lipinski definition) is 4. The van der Waals surface area contributed by atoms with Gasteiger partial charge in [-0.2, -0.15) is 0 Å². The van der Waals surface area contributed by atoms with Crippen LogP contribution < -0.4 is 0 Å². The number of hydrogen-bond donors (Lipinski definition) is 0. The molecule has 0 unspecified atom stereocenters. The van der Waals surface area contributed by atoms with Crippen LogP contribution in [0.1, 0.15) is 30.8 Å². The molecule has 3 atom stereocenters. The van der Waals surface area contributed by atoms with Crippen molar-refractivity contribution in [1.29, 1.82) is 0 Å². The Morgan fingerprint density at radius 1 is 1.48 bits per heavy atom. The zero-order valence-corrected chi connectivity index (χ0v) is 14.3. The van der Waals surface area contributed by atoms with Gasteiger partial charge in [0, 0.05) is 37.8 Å². The number of rotatable bonds is 4. The number of pyridine rings is 1. The molecule has 0 aromatic carbocycles. The summed E-state index contributed by atoms with van der Waals surface area (Å²) in [5, 5.41) is 0. The molecule has 0 aliphatic carbocycles. The highest BCUT2D eigenvalue weighted by molar-refractivity contribution is 5.92. The van der Waals surface area contributed by atoms with Crippen molar-refractivity contribution in [1.82, 2.24) is 14.8 Å². The Hall–Kier alpha value is -1.46. The molecule has 0 radical (unpaired) electrons. The van der Waals surface area contributed by atoms with Crippen LogP contribution in [0.2, 0.25) is 0 Å². The van der Waals surface area contributed by atoms with Crippen LogP contribution in [0.3, 0.4) is 0 Å². The minimum atomic E-state index is 0.0481. The quantitative estimate of drug-likeness (QED) is 0.851. The van der Waals surface area contributed by atoms with Crippen LogP contribution in [0, 0.1) is 11.8 Å². The number of amides is 1. The second-order valence-electron chi connectivity index (χ2n) is 7.08. The first-order valence-corrected chi connectivity index (χ1v) is 8.58. The highest BCUT2D eigenvalue weighted by Crippen LogP contribution is 2.35. The summed E-state index contributed by atoms with van der Waals surface area (Å²) < 4.78 is 6.06. The molecule has 5 nitrogen and oxygen atoms in total. The zero-order valence-electron chi connectivity index (χ0n) is 14.3. The minimum Gasteiger partial charge on any atom is -0.376 e. The lowest BCUT2D eigenvalue weighted by Gasteiger charge is -2.37. The Morgan fingerprint density at radius 3 is 3.00 bits per heavy atom. The maximum atomic E-state index is 12.6. The first kappa shape index (κ1) is 16.4. The number of fused-ring (bicyclic) bond motifs is 1. The van der Waals surface area contributed by atoms with Gasteiger partial charge in [0.2, 0.25) is 0 Å². The van der Waals surface area contributed by atoms with Gasteiger partial charge in [-0.25, -0.2) is 0 Å². The molecular formula is C18H27N3O2. The lowest BCUT2D eigenvalue weighted by Crippen LogP contribution is -2.47. The second-order valence-corrected chi connectivity index (χ2v) is 7.08. The standard InChI is InChI=1S/C18H27N3O2/c1-13(2)20(3)11-17-15-10-21(9-7-14(15)12-23-17)18(22)16-6-4-5-8-19-16/h4-6,8,13-15,17H,7,9-12H2,1-3H3/t14-,15+,17-/m0/s1. The Kier molecular flexibility index (Phi) is 4.97. The van der Waals surface area contributed by atoms with Gasteiger partial charge in [-0.1, -0.05) is 6.07 Å². The summed E-state index contributed by atoms with van der Waals surface area (Å²) in [5.41, 5.74) is 0.542. The average molecular weight is 317 g/mol. The molecule has 1 amide bonds. The molecular weight excluding hydrogens is 290 g/mol. The fourth-order valence-electron chi connectivity index (χ4n) is 3.55. The number of likely N-dealkylation sites (tertiary alicyclic amines) is 1. The van der Waals surface area contributed by atoms with Crippen LogP contribution in [0.4, 0.5) is 0 Å². The van der Waals surface area contributed by atoms with Crippen molar-refractivity contribution in [2.24, 2.45) is 11.8 Å². The van der Waals surface area contributed by atoms with E-state index in [1.54, 1.807) is 12.3 Å². The molecule has 2 saturated heterocycles. The molecule has 3 rings (SSSR count). The second kappa shape index (κ2) is 6.97. The summed E-state index contributed by atoms with van der Waals surface area (Å²) in [6.07, 6.45) is 2.94. The summed E-state index contributed by atoms with van der Waals surface area (Å²) in [5.74, 6) is 1.08. The number of ether oxygens (including phenoxy) is 1. The van der Waals surface area contributed by atoms with Gasteiger partial charge < -0.3 is 14.5 Å². The maximum Gasteiger partial charge on any atom is 0.272 e. The van der Waals surface area contributed by atoms with Gasteiger partial charge in [0.05, 0.1) is 12.7 Å². The van der Waals surface area contributed by atoms with Crippen LogP contribution in [-0.2, 0) is 4.74 Å². The van der Waals surface area contributed by atoms with E-state index in [1.807, 2.05) is 17.0 Å². The third-order valence-electron chi connectivity index (χ3n) is 5.33. The van der Waals surface area contributed by atoms with Gasteiger partial charge in [-0.15, -0.1) is 0 Å². The van der Waals surface area contributed by atoms with Crippen LogP contribution in [0.5, 0.6) is 0 Å². The van der Waals surface area contributed by atoms with Crippen molar-refractivity contribution in [3.05, 3.63) is 30.1 Å². The first-order chi connectivity index (χ1) is 11.1. The number of piperidine rings is 1. The molecule has 3 heterocycles. The zero-order chi connectivity index (χ0) is 16.4. The lowest BCUT2D eigenvalue weighted by atomic mass is 9.84.